The summed E-state index contributed by atoms with van der Waals surface area (Å²) in [4.78, 5) is 71.7. The van der Waals surface area contributed by atoms with E-state index in [1.54, 1.807) is 12.2 Å². The Labute approximate surface area is 243 Å². The Morgan fingerprint density at radius 3 is 2.48 bits per heavy atom. The summed E-state index contributed by atoms with van der Waals surface area (Å²) in [6.45, 7) is 3.13. The van der Waals surface area contributed by atoms with Crippen molar-refractivity contribution in [3.05, 3.63) is 23.8 Å². The number of allylic oxidation sites excluding steroid dienone is 4. The van der Waals surface area contributed by atoms with Crippen LogP contribution >= 0.6 is 0 Å². The number of carbonyl (C=O) groups excluding carboxylic acids is 4. The number of aliphatic hydroxyl groups is 2. The van der Waals surface area contributed by atoms with Gasteiger partial charge in [0.05, 0.1) is 12.5 Å². The smallest absolute Gasteiger partial charge is 0.326 e. The van der Waals surface area contributed by atoms with Crippen LogP contribution in [0, 0.1) is 28.6 Å². The molecule has 4 rings (SSSR count). The van der Waals surface area contributed by atoms with E-state index in [9.17, 15) is 39.0 Å². The number of ether oxygens (including phenoxy) is 1. The molecule has 0 radical (unpaired) electrons. The zero-order valence-electron chi connectivity index (χ0n) is 23.8. The van der Waals surface area contributed by atoms with Crippen LogP contribution in [0.4, 0.5) is 0 Å². The number of Topliss-reactive ketones (excluding diaryl/α,β-unsaturated/α-hetero) is 1. The number of carboxylic acids is 2. The van der Waals surface area contributed by atoms with Crippen LogP contribution in [0.1, 0.15) is 71.6 Å². The van der Waals surface area contributed by atoms with Crippen LogP contribution in [0.5, 0.6) is 0 Å². The highest BCUT2D eigenvalue weighted by molar-refractivity contribution is 6.01. The molecule has 4 aliphatic rings. The summed E-state index contributed by atoms with van der Waals surface area (Å²) >= 11 is 0. The second-order valence-corrected chi connectivity index (χ2v) is 12.6. The summed E-state index contributed by atoms with van der Waals surface area (Å²) in [5.74, 6) is -5.24. The maximum absolute atomic E-state index is 13.4. The minimum Gasteiger partial charge on any atom is -0.481 e. The van der Waals surface area contributed by atoms with Crippen LogP contribution < -0.4 is 5.32 Å². The Balaban J connectivity index is 1.35. The molecule has 12 nitrogen and oxygen atoms in total. The van der Waals surface area contributed by atoms with Gasteiger partial charge in [0.1, 0.15) is 11.6 Å². The maximum Gasteiger partial charge on any atom is 0.326 e. The molecule has 12 heteroatoms. The highest BCUT2D eigenvalue weighted by Crippen LogP contribution is 2.67. The Morgan fingerprint density at radius 2 is 1.81 bits per heavy atom. The lowest BCUT2D eigenvalue weighted by atomic mass is 9.46. The van der Waals surface area contributed by atoms with Crippen molar-refractivity contribution in [2.45, 2.75) is 89.4 Å². The zero-order chi connectivity index (χ0) is 31.0. The number of fused-ring (bicyclic) bond motifs is 5. The summed E-state index contributed by atoms with van der Waals surface area (Å²) in [5.41, 5.74) is -2.26. The third kappa shape index (κ3) is 5.66. The molecular formula is C30H39NO11. The van der Waals surface area contributed by atoms with Crippen molar-refractivity contribution in [3.63, 3.8) is 0 Å². The van der Waals surface area contributed by atoms with Crippen molar-refractivity contribution in [1.82, 2.24) is 5.32 Å². The van der Waals surface area contributed by atoms with E-state index in [0.29, 0.717) is 12.8 Å². The quantitative estimate of drug-likeness (QED) is 0.217. The number of rotatable bonds is 11. The molecule has 3 saturated carbocycles. The summed E-state index contributed by atoms with van der Waals surface area (Å²) in [6.07, 6.45) is 4.91. The number of aliphatic hydroxyl groups excluding tert-OH is 1. The molecule has 0 aromatic heterocycles. The topological polar surface area (TPSA) is 205 Å². The summed E-state index contributed by atoms with van der Waals surface area (Å²) < 4.78 is 5.08. The van der Waals surface area contributed by atoms with E-state index >= 15 is 0 Å². The molecule has 0 saturated heterocycles. The first-order chi connectivity index (χ1) is 19.6. The van der Waals surface area contributed by atoms with Gasteiger partial charge in [0.2, 0.25) is 11.7 Å². The molecule has 4 aliphatic carbocycles. The first-order valence-corrected chi connectivity index (χ1v) is 14.4. The Morgan fingerprint density at radius 1 is 1.10 bits per heavy atom. The Hall–Kier alpha value is -3.38. The van der Waals surface area contributed by atoms with Gasteiger partial charge in [-0.2, -0.15) is 0 Å². The van der Waals surface area contributed by atoms with Gasteiger partial charge in [-0.25, -0.2) is 4.79 Å². The van der Waals surface area contributed by atoms with Crippen LogP contribution in [0.3, 0.4) is 0 Å². The fourth-order valence-corrected chi connectivity index (χ4v) is 8.13. The molecule has 0 aromatic rings. The van der Waals surface area contributed by atoms with Gasteiger partial charge in [-0.05, 0) is 62.5 Å². The number of carbonyl (C=O) groups is 6. The zero-order valence-corrected chi connectivity index (χ0v) is 23.8. The number of nitrogens with one attached hydrogen (secondary N) is 1. The van der Waals surface area contributed by atoms with Gasteiger partial charge in [0.15, 0.2) is 12.4 Å². The molecule has 8 atom stereocenters. The van der Waals surface area contributed by atoms with Gasteiger partial charge in [-0.1, -0.05) is 25.5 Å². The summed E-state index contributed by atoms with van der Waals surface area (Å²) in [5, 5.41) is 43.2. The molecule has 0 heterocycles. The number of hydrogen-bond donors (Lipinski definition) is 5. The number of hydrogen-bond acceptors (Lipinski definition) is 9. The van der Waals surface area contributed by atoms with Crippen molar-refractivity contribution >= 4 is 35.4 Å². The second kappa shape index (κ2) is 11.7. The average molecular weight is 590 g/mol. The molecular weight excluding hydrogens is 550 g/mol. The van der Waals surface area contributed by atoms with Gasteiger partial charge in [0.25, 0.3) is 0 Å². The number of aliphatic carboxylic acids is 2. The predicted octanol–water partition coefficient (Wildman–Crippen LogP) is 1.32. The summed E-state index contributed by atoms with van der Waals surface area (Å²) in [7, 11) is 0. The third-order valence-electron chi connectivity index (χ3n) is 10.3. The molecule has 5 N–H and O–H groups in total. The van der Waals surface area contributed by atoms with E-state index in [-0.39, 0.29) is 42.8 Å². The van der Waals surface area contributed by atoms with Crippen LogP contribution in [0.2, 0.25) is 0 Å². The van der Waals surface area contributed by atoms with E-state index in [2.05, 4.69) is 5.32 Å². The van der Waals surface area contributed by atoms with Crippen molar-refractivity contribution in [2.75, 3.05) is 6.61 Å². The molecule has 1 amide bonds. The minimum absolute atomic E-state index is 0.0202. The lowest BCUT2D eigenvalue weighted by Crippen LogP contribution is -2.61. The molecule has 0 spiro atoms. The molecule has 0 aromatic carbocycles. The van der Waals surface area contributed by atoms with Gasteiger partial charge >= 0.3 is 17.9 Å². The first kappa shape index (κ1) is 31.6. The van der Waals surface area contributed by atoms with E-state index < -0.39 is 84.0 Å². The van der Waals surface area contributed by atoms with Gasteiger partial charge in [-0.3, -0.25) is 24.0 Å². The third-order valence-corrected chi connectivity index (χ3v) is 10.3. The monoisotopic (exact) mass is 589 g/mol. The van der Waals surface area contributed by atoms with Crippen molar-refractivity contribution in [2.24, 2.45) is 28.6 Å². The first-order valence-electron chi connectivity index (χ1n) is 14.4. The molecule has 42 heavy (non-hydrogen) atoms. The van der Waals surface area contributed by atoms with Gasteiger partial charge in [-0.15, -0.1) is 0 Å². The molecule has 0 aliphatic heterocycles. The maximum atomic E-state index is 13.4. The number of esters is 1. The molecule has 230 valence electrons. The predicted molar refractivity (Wildman–Crippen MR) is 145 cm³/mol. The van der Waals surface area contributed by atoms with E-state index in [4.69, 9.17) is 14.9 Å². The lowest BCUT2D eigenvalue weighted by molar-refractivity contribution is -0.181. The van der Waals surface area contributed by atoms with Crippen LogP contribution in [0.15, 0.2) is 23.8 Å². The standard InChI is InChI=1S/C30H39NO11/c1-28-11-9-17(32)13-16(28)3-4-18-19-10-12-30(41,29(19,2)14-21(33)26(18)28)22(34)15-42-25(38)8-6-23(35)31-20(27(39)40)5-7-24(36)37/h9,11,13,18-21,26,33,41H,3-8,10,12,14-15H2,1-2H3,(H,31,35)(H,36,37)(H,39,40)/t18-,19+,20+,21+,26-,28+,29+,30+/m1/s1. The van der Waals surface area contributed by atoms with Crippen LogP contribution in [-0.2, 0) is 33.5 Å². The molecule has 0 unspecified atom stereocenters. The van der Waals surface area contributed by atoms with E-state index in [1.165, 1.54) is 0 Å². The normalized spacial score (nSPS) is 35.6. The second-order valence-electron chi connectivity index (χ2n) is 12.6. The number of carboxylic acid groups (broad SMARTS) is 2. The van der Waals surface area contributed by atoms with E-state index in [1.807, 2.05) is 19.9 Å². The average Bonchev–Trinajstić information content (AvgIpc) is 3.19. The molecule has 0 bridgehead atoms. The number of ketones is 2. The fourth-order valence-electron chi connectivity index (χ4n) is 8.13. The highest BCUT2D eigenvalue weighted by atomic mass is 16.5. The number of amides is 1. The SMILES string of the molecule is C[C@]12C=CC(=O)C=C1CC[C@H]1[C@@H]2[C@@H](O)C[C@@]2(C)[C@H]1CC[C@]2(O)C(=O)COC(=O)CCC(=O)N[C@@H](CCC(=O)O)C(=O)O. The van der Waals surface area contributed by atoms with Crippen LogP contribution in [-0.4, -0.2) is 80.2 Å². The minimum atomic E-state index is -1.82. The summed E-state index contributed by atoms with van der Waals surface area (Å²) in [6, 6.07) is -1.42. The van der Waals surface area contributed by atoms with Crippen molar-refractivity contribution in [1.29, 1.82) is 0 Å². The fraction of sp³-hybridized carbons (Fsp3) is 0.667. The Kier molecular flexibility index (Phi) is 8.80. The van der Waals surface area contributed by atoms with Crippen molar-refractivity contribution in [3.8, 4) is 0 Å². The highest BCUT2D eigenvalue weighted by Gasteiger charge is 2.68. The largest absolute Gasteiger partial charge is 0.481 e. The van der Waals surface area contributed by atoms with Crippen molar-refractivity contribution < 1.29 is 53.9 Å². The Bertz CT molecular complexity index is 1240. The van der Waals surface area contributed by atoms with Crippen LogP contribution in [0.25, 0.3) is 0 Å². The van der Waals surface area contributed by atoms with Gasteiger partial charge < -0.3 is 30.5 Å². The molecule has 3 fully saturated rings. The van der Waals surface area contributed by atoms with E-state index in [0.717, 1.165) is 12.0 Å². The van der Waals surface area contributed by atoms with Gasteiger partial charge in [0, 0.05) is 29.6 Å². The lowest BCUT2D eigenvalue weighted by Gasteiger charge is -2.59.